The van der Waals surface area contributed by atoms with Crippen molar-refractivity contribution in [2.45, 2.75) is 18.9 Å². The normalized spacial score (nSPS) is 12.2. The lowest BCUT2D eigenvalue weighted by Crippen LogP contribution is -2.33. The third-order valence-electron chi connectivity index (χ3n) is 2.44. The maximum absolute atomic E-state index is 11.0. The van der Waals surface area contributed by atoms with Crippen LogP contribution in [-0.2, 0) is 28.5 Å². The van der Waals surface area contributed by atoms with Gasteiger partial charge in [-0.2, -0.15) is 0 Å². The fourth-order valence-electron chi connectivity index (χ4n) is 1.44. The molecule has 0 heterocycles. The van der Waals surface area contributed by atoms with Crippen LogP contribution in [0.5, 0.6) is 0 Å². The summed E-state index contributed by atoms with van der Waals surface area (Å²) in [6.45, 7) is 1.60. The van der Waals surface area contributed by atoms with E-state index in [0.717, 1.165) is 0 Å². The molecule has 0 amide bonds. The van der Waals surface area contributed by atoms with Crippen molar-refractivity contribution in [3.8, 4) is 0 Å². The molecular formula is C13H25NO6. The van der Waals surface area contributed by atoms with E-state index in [2.05, 4.69) is 9.47 Å². The van der Waals surface area contributed by atoms with E-state index in [0.29, 0.717) is 13.2 Å². The minimum absolute atomic E-state index is 0.160. The van der Waals surface area contributed by atoms with Crippen LogP contribution in [-0.4, -0.2) is 77.6 Å². The first-order valence-electron chi connectivity index (χ1n) is 6.47. The molecule has 0 aliphatic rings. The SMILES string of the molecule is COC(=O)CCOCC(CN(C)C)OCCC(=O)OC. The highest BCUT2D eigenvalue weighted by Gasteiger charge is 2.12. The average molecular weight is 291 g/mol. The molecule has 0 aromatic rings. The molecule has 0 saturated carbocycles. The van der Waals surface area contributed by atoms with Gasteiger partial charge in [0, 0.05) is 6.54 Å². The van der Waals surface area contributed by atoms with Crippen molar-refractivity contribution in [2.75, 3.05) is 54.7 Å². The standard InChI is InChI=1S/C13H25NO6/c1-14(2)9-11(20-8-6-13(16)18-4)10-19-7-5-12(15)17-3/h11H,5-10H2,1-4H3. The second-order valence-electron chi connectivity index (χ2n) is 4.48. The van der Waals surface area contributed by atoms with Crippen molar-refractivity contribution in [3.63, 3.8) is 0 Å². The average Bonchev–Trinajstić information content (AvgIpc) is 2.41. The Labute approximate surface area is 120 Å². The quantitative estimate of drug-likeness (QED) is 0.394. The first-order chi connectivity index (χ1) is 9.49. The number of hydrogen-bond acceptors (Lipinski definition) is 7. The van der Waals surface area contributed by atoms with Crippen LogP contribution in [0.1, 0.15) is 12.8 Å². The van der Waals surface area contributed by atoms with Crippen molar-refractivity contribution in [1.82, 2.24) is 4.90 Å². The van der Waals surface area contributed by atoms with Gasteiger partial charge in [-0.3, -0.25) is 9.59 Å². The fraction of sp³-hybridized carbons (Fsp3) is 0.846. The Balaban J connectivity index is 3.89. The molecule has 0 saturated heterocycles. The summed E-state index contributed by atoms with van der Waals surface area (Å²) in [6.07, 6.45) is 0.267. The van der Waals surface area contributed by atoms with Crippen LogP contribution in [0.3, 0.4) is 0 Å². The van der Waals surface area contributed by atoms with Crippen LogP contribution in [0, 0.1) is 0 Å². The zero-order chi connectivity index (χ0) is 15.4. The Morgan fingerprint density at radius 1 is 1.00 bits per heavy atom. The van der Waals surface area contributed by atoms with Crippen LogP contribution in [0.2, 0.25) is 0 Å². The van der Waals surface area contributed by atoms with Gasteiger partial charge in [0.05, 0.1) is 53.0 Å². The predicted octanol–water partition coefficient (Wildman–Crippen LogP) is 0.0760. The molecule has 7 nitrogen and oxygen atoms in total. The lowest BCUT2D eigenvalue weighted by Gasteiger charge is -2.21. The van der Waals surface area contributed by atoms with Gasteiger partial charge in [0.25, 0.3) is 0 Å². The van der Waals surface area contributed by atoms with E-state index < -0.39 is 0 Å². The van der Waals surface area contributed by atoms with Crippen LogP contribution in [0.4, 0.5) is 0 Å². The van der Waals surface area contributed by atoms with Crippen LogP contribution in [0.25, 0.3) is 0 Å². The Kier molecular flexibility index (Phi) is 10.9. The smallest absolute Gasteiger partial charge is 0.307 e. The van der Waals surface area contributed by atoms with Crippen molar-refractivity contribution in [3.05, 3.63) is 0 Å². The number of hydrogen-bond donors (Lipinski definition) is 0. The molecule has 1 atom stereocenters. The highest BCUT2D eigenvalue weighted by atomic mass is 16.5. The molecular weight excluding hydrogens is 266 g/mol. The van der Waals surface area contributed by atoms with E-state index in [9.17, 15) is 9.59 Å². The van der Waals surface area contributed by atoms with Gasteiger partial charge in [-0.05, 0) is 14.1 Å². The highest BCUT2D eigenvalue weighted by Crippen LogP contribution is 1.99. The summed E-state index contributed by atoms with van der Waals surface area (Å²) in [6, 6.07) is 0. The molecule has 0 bridgehead atoms. The molecule has 0 N–H and O–H groups in total. The molecule has 1 unspecified atom stereocenters. The van der Waals surface area contributed by atoms with Crippen molar-refractivity contribution in [1.29, 1.82) is 0 Å². The number of ether oxygens (including phenoxy) is 4. The first-order valence-corrected chi connectivity index (χ1v) is 6.47. The molecule has 0 rings (SSSR count). The number of rotatable bonds is 11. The van der Waals surface area contributed by atoms with Gasteiger partial charge in [-0.25, -0.2) is 0 Å². The van der Waals surface area contributed by atoms with Gasteiger partial charge in [-0.1, -0.05) is 0 Å². The Morgan fingerprint density at radius 3 is 2.05 bits per heavy atom. The fourth-order valence-corrected chi connectivity index (χ4v) is 1.44. The zero-order valence-corrected chi connectivity index (χ0v) is 12.7. The molecule has 7 heteroatoms. The molecule has 0 aromatic carbocycles. The summed E-state index contributed by atoms with van der Waals surface area (Å²) in [5, 5.41) is 0. The van der Waals surface area contributed by atoms with Gasteiger partial charge in [-0.15, -0.1) is 0 Å². The van der Waals surface area contributed by atoms with E-state index in [1.165, 1.54) is 14.2 Å². The lowest BCUT2D eigenvalue weighted by atomic mass is 10.3. The monoisotopic (exact) mass is 291 g/mol. The second kappa shape index (κ2) is 11.6. The number of likely N-dealkylation sites (N-methyl/N-ethyl adjacent to an activating group) is 1. The van der Waals surface area contributed by atoms with Gasteiger partial charge in [0.2, 0.25) is 0 Å². The number of methoxy groups -OCH3 is 2. The molecule has 118 valence electrons. The number of nitrogens with zero attached hydrogens (tertiary/aromatic N) is 1. The van der Waals surface area contributed by atoms with Crippen LogP contribution in [0.15, 0.2) is 0 Å². The Morgan fingerprint density at radius 2 is 1.55 bits per heavy atom. The van der Waals surface area contributed by atoms with Gasteiger partial charge in [0.15, 0.2) is 0 Å². The highest BCUT2D eigenvalue weighted by molar-refractivity contribution is 5.69. The summed E-state index contributed by atoms with van der Waals surface area (Å²) in [4.78, 5) is 23.9. The number of carbonyl (C=O) groups excluding carboxylic acids is 2. The molecule has 20 heavy (non-hydrogen) atoms. The van der Waals surface area contributed by atoms with E-state index in [4.69, 9.17) is 9.47 Å². The van der Waals surface area contributed by atoms with Crippen LogP contribution >= 0.6 is 0 Å². The number of carbonyl (C=O) groups is 2. The summed E-state index contributed by atoms with van der Waals surface area (Å²) < 4.78 is 20.0. The Hall–Kier alpha value is -1.18. The molecule has 0 aliphatic heterocycles. The summed E-state index contributed by atoms with van der Waals surface area (Å²) in [5.41, 5.74) is 0. The first kappa shape index (κ1) is 18.8. The van der Waals surface area contributed by atoms with E-state index >= 15 is 0 Å². The van der Waals surface area contributed by atoms with Crippen molar-refractivity contribution >= 4 is 11.9 Å². The topological polar surface area (TPSA) is 74.3 Å². The van der Waals surface area contributed by atoms with Crippen LogP contribution < -0.4 is 0 Å². The van der Waals surface area contributed by atoms with E-state index in [-0.39, 0.29) is 44.1 Å². The second-order valence-corrected chi connectivity index (χ2v) is 4.48. The lowest BCUT2D eigenvalue weighted by molar-refractivity contribution is -0.144. The maximum atomic E-state index is 11.0. The molecule has 0 spiro atoms. The van der Waals surface area contributed by atoms with Gasteiger partial charge < -0.3 is 23.8 Å². The number of esters is 2. The van der Waals surface area contributed by atoms with Crippen molar-refractivity contribution < 1.29 is 28.5 Å². The molecule has 0 radical (unpaired) electrons. The largest absolute Gasteiger partial charge is 0.469 e. The maximum Gasteiger partial charge on any atom is 0.307 e. The predicted molar refractivity (Wildman–Crippen MR) is 72.4 cm³/mol. The van der Waals surface area contributed by atoms with Gasteiger partial charge >= 0.3 is 11.9 Å². The summed E-state index contributed by atoms with van der Waals surface area (Å²) >= 11 is 0. The third-order valence-corrected chi connectivity index (χ3v) is 2.44. The molecule has 0 aliphatic carbocycles. The minimum Gasteiger partial charge on any atom is -0.469 e. The van der Waals surface area contributed by atoms with Crippen molar-refractivity contribution in [2.24, 2.45) is 0 Å². The van der Waals surface area contributed by atoms with E-state index in [1.54, 1.807) is 0 Å². The molecule has 0 aromatic heterocycles. The van der Waals surface area contributed by atoms with Gasteiger partial charge in [0.1, 0.15) is 0 Å². The Bertz CT molecular complexity index is 282. The summed E-state index contributed by atoms with van der Waals surface area (Å²) in [7, 11) is 6.53. The summed E-state index contributed by atoms with van der Waals surface area (Å²) in [5.74, 6) is -0.610. The van der Waals surface area contributed by atoms with E-state index in [1.807, 2.05) is 19.0 Å². The molecule has 0 fully saturated rings. The third kappa shape index (κ3) is 10.7. The zero-order valence-electron chi connectivity index (χ0n) is 12.7. The minimum atomic E-state index is -0.305.